The number of nitrogens with zero attached hydrogens (tertiary/aromatic N) is 1. The number of hydrogen-bond donors (Lipinski definition) is 1. The monoisotopic (exact) mass is 362 g/mol. The fourth-order valence-electron chi connectivity index (χ4n) is 2.28. The van der Waals surface area contributed by atoms with Crippen LogP contribution >= 0.6 is 11.6 Å². The molecule has 1 aliphatic heterocycles. The summed E-state index contributed by atoms with van der Waals surface area (Å²) in [6.07, 6.45) is 1.46. The molecule has 2 aromatic rings. The number of halogens is 1. The maximum Gasteiger partial charge on any atom is 0.271 e. The van der Waals surface area contributed by atoms with Gasteiger partial charge in [0.25, 0.3) is 5.91 Å². The zero-order chi connectivity index (χ0) is 17.8. The molecule has 1 aliphatic rings. The Labute approximate surface area is 149 Å². The lowest BCUT2D eigenvalue weighted by atomic mass is 10.2. The predicted molar refractivity (Wildman–Crippen MR) is 92.2 cm³/mol. The standard InChI is InChI=1S/C17H15ClN2O5/c1-22-15-6-10(5-12(18)16(15)23-2)8-19-20-17(21)11-3-4-13-14(7-11)25-9-24-13/h3-8H,9H2,1-2H3,(H,20,21)/b19-8+. The smallest absolute Gasteiger partial charge is 0.271 e. The summed E-state index contributed by atoms with van der Waals surface area (Å²) in [7, 11) is 3.01. The minimum Gasteiger partial charge on any atom is -0.493 e. The van der Waals surface area contributed by atoms with Crippen LogP contribution < -0.4 is 24.4 Å². The van der Waals surface area contributed by atoms with E-state index in [0.29, 0.717) is 39.1 Å². The number of rotatable bonds is 5. The molecule has 0 saturated carbocycles. The average Bonchev–Trinajstić information content (AvgIpc) is 3.08. The van der Waals surface area contributed by atoms with Gasteiger partial charge in [0.1, 0.15) is 0 Å². The van der Waals surface area contributed by atoms with Crippen molar-refractivity contribution < 1.29 is 23.7 Å². The van der Waals surface area contributed by atoms with Crippen LogP contribution in [0, 0.1) is 0 Å². The molecule has 1 N–H and O–H groups in total. The van der Waals surface area contributed by atoms with Crippen LogP contribution in [-0.2, 0) is 0 Å². The summed E-state index contributed by atoms with van der Waals surface area (Å²) in [4.78, 5) is 12.1. The van der Waals surface area contributed by atoms with E-state index in [0.717, 1.165) is 0 Å². The van der Waals surface area contributed by atoms with Gasteiger partial charge in [-0.25, -0.2) is 5.43 Å². The van der Waals surface area contributed by atoms with Crippen LogP contribution in [0.1, 0.15) is 15.9 Å². The molecule has 25 heavy (non-hydrogen) atoms. The van der Waals surface area contributed by atoms with Gasteiger partial charge in [-0.3, -0.25) is 4.79 Å². The molecular formula is C17H15ClN2O5. The Morgan fingerprint density at radius 2 is 2.00 bits per heavy atom. The molecule has 3 rings (SSSR count). The van der Waals surface area contributed by atoms with E-state index < -0.39 is 0 Å². The zero-order valence-electron chi connectivity index (χ0n) is 13.5. The van der Waals surface area contributed by atoms with E-state index >= 15 is 0 Å². The highest BCUT2D eigenvalue weighted by atomic mass is 35.5. The molecule has 130 valence electrons. The van der Waals surface area contributed by atoms with Crippen molar-refractivity contribution in [2.75, 3.05) is 21.0 Å². The van der Waals surface area contributed by atoms with Crippen molar-refractivity contribution in [1.82, 2.24) is 5.43 Å². The molecule has 0 saturated heterocycles. The van der Waals surface area contributed by atoms with Crippen LogP contribution in [0.5, 0.6) is 23.0 Å². The fourth-order valence-corrected chi connectivity index (χ4v) is 2.58. The Morgan fingerprint density at radius 3 is 2.76 bits per heavy atom. The molecule has 0 fully saturated rings. The molecular weight excluding hydrogens is 348 g/mol. The Hall–Kier alpha value is -2.93. The van der Waals surface area contributed by atoms with Gasteiger partial charge >= 0.3 is 0 Å². The number of methoxy groups -OCH3 is 2. The number of ether oxygens (including phenoxy) is 4. The van der Waals surface area contributed by atoms with Gasteiger partial charge in [0.2, 0.25) is 6.79 Å². The maximum atomic E-state index is 12.1. The largest absolute Gasteiger partial charge is 0.493 e. The van der Waals surface area contributed by atoms with Gasteiger partial charge in [0, 0.05) is 5.56 Å². The number of amides is 1. The molecule has 7 nitrogen and oxygen atoms in total. The van der Waals surface area contributed by atoms with Crippen LogP contribution in [0.3, 0.4) is 0 Å². The number of hydrogen-bond acceptors (Lipinski definition) is 6. The summed E-state index contributed by atoms with van der Waals surface area (Å²) < 4.78 is 20.8. The quantitative estimate of drug-likeness (QED) is 0.653. The molecule has 8 heteroatoms. The van der Waals surface area contributed by atoms with Crippen molar-refractivity contribution in [3.63, 3.8) is 0 Å². The third-order valence-corrected chi connectivity index (χ3v) is 3.75. The molecule has 1 amide bonds. The lowest BCUT2D eigenvalue weighted by molar-refractivity contribution is 0.0954. The number of hydrazone groups is 1. The summed E-state index contributed by atoms with van der Waals surface area (Å²) in [6, 6.07) is 8.25. The SMILES string of the molecule is COc1cc(/C=N/NC(=O)c2ccc3c(c2)OCO3)cc(Cl)c1OC. The molecule has 1 heterocycles. The molecule has 2 aromatic carbocycles. The van der Waals surface area contributed by atoms with E-state index in [9.17, 15) is 4.79 Å². The van der Waals surface area contributed by atoms with Crippen LogP contribution in [0.2, 0.25) is 5.02 Å². The third-order valence-electron chi connectivity index (χ3n) is 3.47. The molecule has 0 spiro atoms. The first-order valence-corrected chi connectivity index (χ1v) is 7.64. The van der Waals surface area contributed by atoms with Gasteiger partial charge in [0.05, 0.1) is 25.5 Å². The topological polar surface area (TPSA) is 78.4 Å². The van der Waals surface area contributed by atoms with E-state index in [1.807, 2.05) is 0 Å². The molecule has 0 radical (unpaired) electrons. The van der Waals surface area contributed by atoms with Gasteiger partial charge in [-0.15, -0.1) is 0 Å². The van der Waals surface area contributed by atoms with Crippen molar-refractivity contribution in [3.05, 3.63) is 46.5 Å². The Bertz CT molecular complexity index is 838. The second-order valence-corrected chi connectivity index (χ2v) is 5.41. The van der Waals surface area contributed by atoms with Gasteiger partial charge in [-0.2, -0.15) is 5.10 Å². The van der Waals surface area contributed by atoms with E-state index in [-0.39, 0.29) is 12.7 Å². The second kappa shape index (κ2) is 7.31. The second-order valence-electron chi connectivity index (χ2n) is 5.01. The highest BCUT2D eigenvalue weighted by Crippen LogP contribution is 2.35. The Morgan fingerprint density at radius 1 is 1.20 bits per heavy atom. The Kier molecular flexibility index (Phi) is 4.95. The number of fused-ring (bicyclic) bond motifs is 1. The van der Waals surface area contributed by atoms with Crippen LogP contribution in [-0.4, -0.2) is 33.1 Å². The predicted octanol–water partition coefficient (Wildman–Crippen LogP) is 2.85. The van der Waals surface area contributed by atoms with Crippen LogP contribution in [0.25, 0.3) is 0 Å². The highest BCUT2D eigenvalue weighted by molar-refractivity contribution is 6.32. The van der Waals surface area contributed by atoms with Crippen molar-refractivity contribution in [1.29, 1.82) is 0 Å². The summed E-state index contributed by atoms with van der Waals surface area (Å²) in [6.45, 7) is 0.151. The first-order valence-electron chi connectivity index (χ1n) is 7.27. The first-order chi connectivity index (χ1) is 12.1. The molecule has 0 unspecified atom stereocenters. The summed E-state index contributed by atoms with van der Waals surface area (Å²) in [5.41, 5.74) is 3.50. The maximum absolute atomic E-state index is 12.1. The van der Waals surface area contributed by atoms with E-state index in [1.54, 1.807) is 30.3 Å². The van der Waals surface area contributed by atoms with Gasteiger partial charge in [-0.05, 0) is 35.9 Å². The number of carbonyl (C=O) groups excluding carboxylic acids is 1. The molecule has 0 atom stereocenters. The summed E-state index contributed by atoms with van der Waals surface area (Å²) in [5, 5.41) is 4.31. The number of carbonyl (C=O) groups is 1. The van der Waals surface area contributed by atoms with Gasteiger partial charge in [-0.1, -0.05) is 11.6 Å². The van der Waals surface area contributed by atoms with E-state index in [1.165, 1.54) is 20.4 Å². The van der Waals surface area contributed by atoms with E-state index in [4.69, 9.17) is 30.5 Å². The zero-order valence-corrected chi connectivity index (χ0v) is 14.3. The minimum absolute atomic E-state index is 0.151. The van der Waals surface area contributed by atoms with Crippen molar-refractivity contribution in [2.45, 2.75) is 0 Å². The normalized spacial score (nSPS) is 12.3. The van der Waals surface area contributed by atoms with Crippen LogP contribution in [0.4, 0.5) is 0 Å². The van der Waals surface area contributed by atoms with Crippen LogP contribution in [0.15, 0.2) is 35.4 Å². The lowest BCUT2D eigenvalue weighted by Crippen LogP contribution is -2.17. The highest BCUT2D eigenvalue weighted by Gasteiger charge is 2.16. The number of nitrogens with one attached hydrogen (secondary N) is 1. The summed E-state index contributed by atoms with van der Waals surface area (Å²) in [5.74, 6) is 1.67. The average molecular weight is 363 g/mol. The van der Waals surface area contributed by atoms with Crippen molar-refractivity contribution in [3.8, 4) is 23.0 Å². The molecule has 0 aliphatic carbocycles. The third kappa shape index (κ3) is 3.61. The molecule has 0 bridgehead atoms. The van der Waals surface area contributed by atoms with Crippen molar-refractivity contribution in [2.24, 2.45) is 5.10 Å². The van der Waals surface area contributed by atoms with Gasteiger partial charge < -0.3 is 18.9 Å². The number of benzene rings is 2. The van der Waals surface area contributed by atoms with Gasteiger partial charge in [0.15, 0.2) is 23.0 Å². The lowest BCUT2D eigenvalue weighted by Gasteiger charge is -2.09. The fraction of sp³-hybridized carbons (Fsp3) is 0.176. The molecule has 0 aromatic heterocycles. The minimum atomic E-state index is -0.374. The first kappa shape index (κ1) is 16.9. The van der Waals surface area contributed by atoms with Crippen molar-refractivity contribution >= 4 is 23.7 Å². The van der Waals surface area contributed by atoms with E-state index in [2.05, 4.69) is 10.5 Å². The summed E-state index contributed by atoms with van der Waals surface area (Å²) >= 11 is 6.13. The Balaban J connectivity index is 1.70.